The summed E-state index contributed by atoms with van der Waals surface area (Å²) in [5, 5.41) is 5.52. The molecule has 0 aliphatic carbocycles. The molecule has 13 heavy (non-hydrogen) atoms. The number of aromatic nitrogens is 1. The van der Waals surface area contributed by atoms with Gasteiger partial charge in [0.15, 0.2) is 0 Å². The molecule has 0 aliphatic heterocycles. The second-order valence-electron chi connectivity index (χ2n) is 2.72. The van der Waals surface area contributed by atoms with Crippen molar-refractivity contribution < 1.29 is 4.52 Å². The van der Waals surface area contributed by atoms with Crippen molar-refractivity contribution in [3.05, 3.63) is 27.4 Å². The number of nitrogens with zero attached hydrogens (tertiary/aromatic N) is 1. The summed E-state index contributed by atoms with van der Waals surface area (Å²) in [6.07, 6.45) is 0.828. The van der Waals surface area contributed by atoms with Crippen LogP contribution in [0.2, 0.25) is 5.02 Å². The lowest BCUT2D eigenvalue weighted by Gasteiger charge is -1.94. The molecule has 0 bridgehead atoms. The lowest BCUT2D eigenvalue weighted by atomic mass is 10.2. The lowest BCUT2D eigenvalue weighted by Crippen LogP contribution is -1.76. The minimum absolute atomic E-state index is 0.612. The largest absolute Gasteiger partial charge is 0.360 e. The van der Waals surface area contributed by atoms with Crippen LogP contribution in [0.3, 0.4) is 0 Å². The van der Waals surface area contributed by atoms with Crippen molar-refractivity contribution in [2.45, 2.75) is 13.3 Å². The minimum atomic E-state index is 0.612. The molecule has 1 aromatic heterocycles. The molecule has 0 atom stereocenters. The maximum absolute atomic E-state index is 6.03. The number of hydrogen-bond acceptors (Lipinski definition) is 2. The third-order valence-electron chi connectivity index (χ3n) is 1.94. The Morgan fingerprint density at radius 1 is 1.54 bits per heavy atom. The summed E-state index contributed by atoms with van der Waals surface area (Å²) in [6, 6.07) is 3.86. The highest BCUT2D eigenvalue weighted by molar-refractivity contribution is 9.10. The zero-order valence-electron chi connectivity index (χ0n) is 6.97. The van der Waals surface area contributed by atoms with Crippen LogP contribution in [0.25, 0.3) is 10.9 Å². The number of benzene rings is 1. The van der Waals surface area contributed by atoms with E-state index in [-0.39, 0.29) is 0 Å². The molecule has 4 heteroatoms. The van der Waals surface area contributed by atoms with Gasteiger partial charge in [-0.1, -0.05) is 23.7 Å². The van der Waals surface area contributed by atoms with Crippen molar-refractivity contribution >= 4 is 38.4 Å². The Hall–Kier alpha value is -0.540. The summed E-state index contributed by atoms with van der Waals surface area (Å²) in [7, 11) is 0. The van der Waals surface area contributed by atoms with E-state index in [0.29, 0.717) is 5.02 Å². The zero-order valence-corrected chi connectivity index (χ0v) is 9.32. The molecule has 1 heterocycles. The van der Waals surface area contributed by atoms with Crippen LogP contribution in [-0.4, -0.2) is 5.16 Å². The van der Waals surface area contributed by atoms with Gasteiger partial charge in [-0.3, -0.25) is 0 Å². The maximum atomic E-state index is 6.03. The second kappa shape index (κ2) is 3.31. The third-order valence-corrected chi connectivity index (χ3v) is 3.21. The number of aryl methyl sites for hydroxylation is 1. The van der Waals surface area contributed by atoms with Crippen molar-refractivity contribution in [3.8, 4) is 0 Å². The van der Waals surface area contributed by atoms with Gasteiger partial charge in [-0.15, -0.1) is 0 Å². The first kappa shape index (κ1) is 9.03. The Balaban J connectivity index is 2.81. The summed E-state index contributed by atoms with van der Waals surface area (Å²) in [6.45, 7) is 2.02. The average Bonchev–Trinajstić information content (AvgIpc) is 2.55. The summed E-state index contributed by atoms with van der Waals surface area (Å²) < 4.78 is 5.99. The highest BCUT2D eigenvalue weighted by atomic mass is 79.9. The summed E-state index contributed by atoms with van der Waals surface area (Å²) >= 11 is 9.36. The predicted molar refractivity (Wildman–Crippen MR) is 56.1 cm³/mol. The Kier molecular flexibility index (Phi) is 2.30. The van der Waals surface area contributed by atoms with Crippen LogP contribution in [0, 0.1) is 0 Å². The monoisotopic (exact) mass is 259 g/mol. The zero-order chi connectivity index (χ0) is 9.42. The maximum Gasteiger partial charge on any atom is 0.144 e. The second-order valence-corrected chi connectivity index (χ2v) is 3.95. The fourth-order valence-electron chi connectivity index (χ4n) is 1.26. The van der Waals surface area contributed by atoms with E-state index in [1.165, 1.54) is 0 Å². The van der Waals surface area contributed by atoms with E-state index in [2.05, 4.69) is 21.1 Å². The van der Waals surface area contributed by atoms with Gasteiger partial charge in [-0.05, 0) is 28.1 Å². The molecule has 0 radical (unpaired) electrons. The Morgan fingerprint density at radius 2 is 2.31 bits per heavy atom. The lowest BCUT2D eigenvalue weighted by molar-refractivity contribution is 0.395. The van der Waals surface area contributed by atoms with Gasteiger partial charge in [0.25, 0.3) is 0 Å². The molecule has 0 amide bonds. The Morgan fingerprint density at radius 3 is 3.00 bits per heavy atom. The molecule has 2 nitrogen and oxygen atoms in total. The van der Waals surface area contributed by atoms with Gasteiger partial charge in [-0.25, -0.2) is 0 Å². The van der Waals surface area contributed by atoms with E-state index >= 15 is 0 Å². The Bertz CT molecular complexity index is 452. The number of hydrogen-bond donors (Lipinski definition) is 0. The van der Waals surface area contributed by atoms with Crippen molar-refractivity contribution in [1.82, 2.24) is 5.16 Å². The van der Waals surface area contributed by atoms with Gasteiger partial charge in [0.1, 0.15) is 11.3 Å². The van der Waals surface area contributed by atoms with E-state index in [9.17, 15) is 0 Å². The summed E-state index contributed by atoms with van der Waals surface area (Å²) in [5.41, 5.74) is 0.730. The van der Waals surface area contributed by atoms with Crippen LogP contribution < -0.4 is 0 Å². The molecule has 68 valence electrons. The first-order valence-corrected chi connectivity index (χ1v) is 5.13. The minimum Gasteiger partial charge on any atom is -0.360 e. The number of rotatable bonds is 1. The van der Waals surface area contributed by atoms with Crippen LogP contribution in [0.1, 0.15) is 12.7 Å². The quantitative estimate of drug-likeness (QED) is 0.779. The summed E-state index contributed by atoms with van der Waals surface area (Å²) in [4.78, 5) is 0. The van der Waals surface area contributed by atoms with Crippen LogP contribution in [0.4, 0.5) is 0 Å². The predicted octanol–water partition coefficient (Wildman–Crippen LogP) is 3.81. The molecule has 0 unspecified atom stereocenters. The standard InChI is InChI=1S/C9H7BrClNO/c1-2-7-5-3-4-6(10)8(11)9(5)12-13-7/h3-4H,2H2,1H3. The van der Waals surface area contributed by atoms with Crippen molar-refractivity contribution in [1.29, 1.82) is 0 Å². The van der Waals surface area contributed by atoms with Crippen molar-refractivity contribution in [2.75, 3.05) is 0 Å². The third kappa shape index (κ3) is 1.36. The van der Waals surface area contributed by atoms with E-state index < -0.39 is 0 Å². The normalized spacial score (nSPS) is 11.0. The topological polar surface area (TPSA) is 26.0 Å². The molecular formula is C9H7BrClNO. The molecular weight excluding hydrogens is 253 g/mol. The SMILES string of the molecule is CCc1onc2c(Cl)c(Br)ccc12. The van der Waals surface area contributed by atoms with E-state index in [0.717, 1.165) is 27.6 Å². The molecule has 0 N–H and O–H groups in total. The molecule has 0 saturated heterocycles. The van der Waals surface area contributed by atoms with E-state index in [1.54, 1.807) is 0 Å². The fourth-order valence-corrected chi connectivity index (χ4v) is 1.78. The molecule has 0 spiro atoms. The molecule has 1 aromatic carbocycles. The van der Waals surface area contributed by atoms with E-state index in [1.807, 2.05) is 19.1 Å². The average molecular weight is 261 g/mol. The first-order chi connectivity index (χ1) is 6.24. The smallest absolute Gasteiger partial charge is 0.144 e. The number of fused-ring (bicyclic) bond motifs is 1. The van der Waals surface area contributed by atoms with Gasteiger partial charge in [0, 0.05) is 16.3 Å². The summed E-state index contributed by atoms with van der Waals surface area (Å²) in [5.74, 6) is 0.879. The van der Waals surface area contributed by atoms with Crippen molar-refractivity contribution in [2.24, 2.45) is 0 Å². The molecule has 0 aliphatic rings. The van der Waals surface area contributed by atoms with Gasteiger partial charge in [0.05, 0.1) is 5.02 Å². The molecule has 0 saturated carbocycles. The van der Waals surface area contributed by atoms with Crippen LogP contribution in [0.5, 0.6) is 0 Å². The fraction of sp³-hybridized carbons (Fsp3) is 0.222. The molecule has 2 aromatic rings. The van der Waals surface area contributed by atoms with Gasteiger partial charge < -0.3 is 4.52 Å². The van der Waals surface area contributed by atoms with Gasteiger partial charge in [0.2, 0.25) is 0 Å². The van der Waals surface area contributed by atoms with Gasteiger partial charge >= 0.3 is 0 Å². The number of halogens is 2. The first-order valence-electron chi connectivity index (χ1n) is 3.96. The highest BCUT2D eigenvalue weighted by Gasteiger charge is 2.11. The van der Waals surface area contributed by atoms with Crippen LogP contribution in [0.15, 0.2) is 21.1 Å². The Labute approximate surface area is 89.0 Å². The molecule has 2 rings (SSSR count). The van der Waals surface area contributed by atoms with Crippen LogP contribution >= 0.6 is 27.5 Å². The molecule has 0 fully saturated rings. The highest BCUT2D eigenvalue weighted by Crippen LogP contribution is 2.31. The van der Waals surface area contributed by atoms with E-state index in [4.69, 9.17) is 16.1 Å². The van der Waals surface area contributed by atoms with Crippen LogP contribution in [-0.2, 0) is 6.42 Å². The van der Waals surface area contributed by atoms with Gasteiger partial charge in [-0.2, -0.15) is 0 Å². The van der Waals surface area contributed by atoms with Crippen molar-refractivity contribution in [3.63, 3.8) is 0 Å².